The van der Waals surface area contributed by atoms with E-state index in [9.17, 15) is 0 Å². The second-order valence-electron chi connectivity index (χ2n) is 3.86. The SMILES string of the molecule is Cc1cc(-c2ccc(/C=N\O)o2)c(C)cc1Br. The monoisotopic (exact) mass is 293 g/mol. The molecule has 0 unspecified atom stereocenters. The molecule has 0 saturated carbocycles. The molecule has 1 aromatic heterocycles. The lowest BCUT2D eigenvalue weighted by Crippen LogP contribution is -1.85. The van der Waals surface area contributed by atoms with Crippen LogP contribution in [-0.4, -0.2) is 11.4 Å². The molecule has 1 heterocycles. The molecule has 1 aromatic carbocycles. The third-order valence-electron chi connectivity index (χ3n) is 2.58. The highest BCUT2D eigenvalue weighted by Gasteiger charge is 2.09. The molecule has 0 aliphatic heterocycles. The van der Waals surface area contributed by atoms with Gasteiger partial charge in [0.05, 0.1) is 0 Å². The number of furan rings is 1. The zero-order chi connectivity index (χ0) is 12.4. The van der Waals surface area contributed by atoms with Crippen molar-refractivity contribution in [3.05, 3.63) is 45.6 Å². The van der Waals surface area contributed by atoms with Gasteiger partial charge in [0, 0.05) is 10.0 Å². The third-order valence-corrected chi connectivity index (χ3v) is 3.44. The quantitative estimate of drug-likeness (QED) is 0.514. The van der Waals surface area contributed by atoms with Gasteiger partial charge < -0.3 is 9.62 Å². The minimum Gasteiger partial charge on any atom is -0.455 e. The number of aryl methyl sites for hydroxylation is 2. The van der Waals surface area contributed by atoms with E-state index >= 15 is 0 Å². The number of oxime groups is 1. The van der Waals surface area contributed by atoms with Crippen molar-refractivity contribution in [2.75, 3.05) is 0 Å². The van der Waals surface area contributed by atoms with Crippen LogP contribution in [0.3, 0.4) is 0 Å². The fourth-order valence-corrected chi connectivity index (χ4v) is 2.13. The zero-order valence-electron chi connectivity index (χ0n) is 9.57. The third kappa shape index (κ3) is 2.42. The van der Waals surface area contributed by atoms with Crippen LogP contribution >= 0.6 is 15.9 Å². The van der Waals surface area contributed by atoms with E-state index in [0.717, 1.165) is 26.9 Å². The molecule has 4 heteroatoms. The van der Waals surface area contributed by atoms with E-state index < -0.39 is 0 Å². The predicted molar refractivity (Wildman–Crippen MR) is 70.7 cm³/mol. The first-order chi connectivity index (χ1) is 8.11. The molecule has 0 atom stereocenters. The maximum atomic E-state index is 8.44. The highest BCUT2D eigenvalue weighted by atomic mass is 79.9. The lowest BCUT2D eigenvalue weighted by molar-refractivity contribution is 0.321. The Morgan fingerprint density at radius 1 is 1.24 bits per heavy atom. The Hall–Kier alpha value is -1.55. The zero-order valence-corrected chi connectivity index (χ0v) is 11.2. The summed E-state index contributed by atoms with van der Waals surface area (Å²) in [6.45, 7) is 4.06. The van der Waals surface area contributed by atoms with E-state index in [-0.39, 0.29) is 0 Å². The maximum absolute atomic E-state index is 8.44. The Kier molecular flexibility index (Phi) is 3.33. The van der Waals surface area contributed by atoms with E-state index in [1.165, 1.54) is 6.21 Å². The molecule has 0 amide bonds. The first-order valence-corrected chi connectivity index (χ1v) is 5.95. The number of rotatable bonds is 2. The number of benzene rings is 1. The van der Waals surface area contributed by atoms with Gasteiger partial charge in [-0.1, -0.05) is 21.1 Å². The summed E-state index contributed by atoms with van der Waals surface area (Å²) >= 11 is 3.50. The van der Waals surface area contributed by atoms with Crippen LogP contribution in [0, 0.1) is 13.8 Å². The Bertz CT molecular complexity index is 573. The molecule has 2 rings (SSSR count). The number of halogens is 1. The molecule has 17 heavy (non-hydrogen) atoms. The van der Waals surface area contributed by atoms with Crippen molar-refractivity contribution in [1.82, 2.24) is 0 Å². The van der Waals surface area contributed by atoms with Crippen LogP contribution in [0.15, 0.2) is 38.3 Å². The smallest absolute Gasteiger partial charge is 0.149 e. The molecule has 0 fully saturated rings. The summed E-state index contributed by atoms with van der Waals surface area (Å²) in [5, 5.41) is 11.4. The van der Waals surface area contributed by atoms with E-state index in [4.69, 9.17) is 9.62 Å². The van der Waals surface area contributed by atoms with Crippen molar-refractivity contribution in [3.63, 3.8) is 0 Å². The summed E-state index contributed by atoms with van der Waals surface area (Å²) in [5.74, 6) is 1.30. The van der Waals surface area contributed by atoms with Crippen molar-refractivity contribution in [2.45, 2.75) is 13.8 Å². The Morgan fingerprint density at radius 2 is 2.00 bits per heavy atom. The predicted octanol–water partition coefficient (Wildman–Crippen LogP) is 4.13. The minimum absolute atomic E-state index is 0.530. The summed E-state index contributed by atoms with van der Waals surface area (Å²) in [4.78, 5) is 0. The molecule has 88 valence electrons. The Labute approximate surface area is 108 Å². The van der Waals surface area contributed by atoms with Crippen molar-refractivity contribution >= 4 is 22.1 Å². The summed E-state index contributed by atoms with van der Waals surface area (Å²) in [7, 11) is 0. The van der Waals surface area contributed by atoms with Gasteiger partial charge in [0.2, 0.25) is 0 Å². The van der Waals surface area contributed by atoms with Gasteiger partial charge in [0.15, 0.2) is 0 Å². The Balaban J connectivity index is 2.48. The first-order valence-electron chi connectivity index (χ1n) is 5.16. The number of nitrogens with zero attached hydrogens (tertiary/aromatic N) is 1. The van der Waals surface area contributed by atoms with Gasteiger partial charge in [-0.25, -0.2) is 0 Å². The average Bonchev–Trinajstić information content (AvgIpc) is 2.72. The molecule has 3 nitrogen and oxygen atoms in total. The van der Waals surface area contributed by atoms with Gasteiger partial charge in [-0.2, -0.15) is 0 Å². The number of hydrogen-bond donors (Lipinski definition) is 1. The largest absolute Gasteiger partial charge is 0.455 e. The topological polar surface area (TPSA) is 45.7 Å². The molecule has 1 N–H and O–H groups in total. The normalized spacial score (nSPS) is 11.2. The molecule has 0 spiro atoms. The maximum Gasteiger partial charge on any atom is 0.149 e. The standard InChI is InChI=1S/C13H12BrNO2/c1-8-6-12(14)9(2)5-11(8)13-4-3-10(17-13)7-15-16/h3-7,16H,1-2H3/b15-7-. The van der Waals surface area contributed by atoms with Gasteiger partial charge in [0.25, 0.3) is 0 Å². The van der Waals surface area contributed by atoms with Crippen molar-refractivity contribution in [2.24, 2.45) is 5.16 Å². The van der Waals surface area contributed by atoms with Gasteiger partial charge in [-0.15, -0.1) is 0 Å². The van der Waals surface area contributed by atoms with Crippen LogP contribution in [0.25, 0.3) is 11.3 Å². The van der Waals surface area contributed by atoms with E-state index in [0.29, 0.717) is 5.76 Å². The molecule has 0 aliphatic carbocycles. The second kappa shape index (κ2) is 4.75. The fourth-order valence-electron chi connectivity index (χ4n) is 1.67. The number of hydrogen-bond acceptors (Lipinski definition) is 3. The van der Waals surface area contributed by atoms with Crippen LogP contribution in [0.5, 0.6) is 0 Å². The van der Waals surface area contributed by atoms with E-state index in [1.54, 1.807) is 6.07 Å². The molecular formula is C13H12BrNO2. The van der Waals surface area contributed by atoms with Gasteiger partial charge in [-0.05, 0) is 49.2 Å². The highest BCUT2D eigenvalue weighted by molar-refractivity contribution is 9.10. The minimum atomic E-state index is 0.530. The Morgan fingerprint density at radius 3 is 2.71 bits per heavy atom. The van der Waals surface area contributed by atoms with Crippen LogP contribution in [-0.2, 0) is 0 Å². The van der Waals surface area contributed by atoms with Crippen molar-refractivity contribution in [3.8, 4) is 11.3 Å². The van der Waals surface area contributed by atoms with Crippen LogP contribution < -0.4 is 0 Å². The van der Waals surface area contributed by atoms with Crippen molar-refractivity contribution in [1.29, 1.82) is 0 Å². The summed E-state index contributed by atoms with van der Waals surface area (Å²) in [6, 6.07) is 7.77. The lowest BCUT2D eigenvalue weighted by atomic mass is 10.0. The van der Waals surface area contributed by atoms with Crippen molar-refractivity contribution < 1.29 is 9.62 Å². The summed E-state index contributed by atoms with van der Waals surface area (Å²) in [5.41, 5.74) is 3.33. The highest BCUT2D eigenvalue weighted by Crippen LogP contribution is 2.29. The fraction of sp³-hybridized carbons (Fsp3) is 0.154. The lowest BCUT2D eigenvalue weighted by Gasteiger charge is -2.06. The summed E-state index contributed by atoms with van der Waals surface area (Å²) in [6.07, 6.45) is 1.27. The van der Waals surface area contributed by atoms with Crippen LogP contribution in [0.4, 0.5) is 0 Å². The van der Waals surface area contributed by atoms with Gasteiger partial charge in [0.1, 0.15) is 17.7 Å². The molecule has 2 aromatic rings. The van der Waals surface area contributed by atoms with Crippen LogP contribution in [0.1, 0.15) is 16.9 Å². The second-order valence-corrected chi connectivity index (χ2v) is 4.72. The molecule has 0 bridgehead atoms. The summed E-state index contributed by atoms with van der Waals surface area (Å²) < 4.78 is 6.65. The van der Waals surface area contributed by atoms with E-state index in [1.807, 2.05) is 19.9 Å². The average molecular weight is 294 g/mol. The van der Waals surface area contributed by atoms with Gasteiger partial charge >= 0.3 is 0 Å². The first kappa shape index (κ1) is 11.9. The van der Waals surface area contributed by atoms with Crippen LogP contribution in [0.2, 0.25) is 0 Å². The molecule has 0 saturated heterocycles. The van der Waals surface area contributed by atoms with Gasteiger partial charge in [-0.3, -0.25) is 0 Å². The molecule has 0 aliphatic rings. The molecular weight excluding hydrogens is 282 g/mol. The van der Waals surface area contributed by atoms with E-state index in [2.05, 4.69) is 33.2 Å². The molecule has 0 radical (unpaired) electrons.